The van der Waals surface area contributed by atoms with Gasteiger partial charge in [-0.3, -0.25) is 4.99 Å². The Hall–Kier alpha value is -2.00. The minimum atomic E-state index is -0.663. The Balaban J connectivity index is 0.000000992. The lowest BCUT2D eigenvalue weighted by molar-refractivity contribution is -0.361. The summed E-state index contributed by atoms with van der Waals surface area (Å²) in [5, 5.41) is 32.7. The van der Waals surface area contributed by atoms with Gasteiger partial charge in [0.1, 0.15) is 11.9 Å². The number of aliphatic hydroxyl groups is 3. The molecule has 1 saturated heterocycles. The highest BCUT2D eigenvalue weighted by molar-refractivity contribution is 5.74. The maximum Gasteiger partial charge on any atom is 0.156 e. The number of carbonyl (C=O) groups is 1. The molecule has 316 valence electrons. The van der Waals surface area contributed by atoms with Gasteiger partial charge in [0.05, 0.1) is 30.5 Å². The van der Waals surface area contributed by atoms with E-state index in [0.29, 0.717) is 24.6 Å². The normalized spacial score (nSPS) is 25.6. The standard InChI is InChI=1S/C25H41N3O3.C8H17NO2.C8H18O2.CH4O/c1-19-9-10-22-23(11-14-28-24(22)16-19)27-13-7-15-30-31-25(4,17-21(3)26-5)12-6-8-20(2)18-29;1-6-4-7(9(2)3)5-8(10)11-6;1-5-7(10-4)8(3,9)6-2;1-2/h9-11,14,16,18,20-22,24,26-27H,6-8,12-13,15,17H2,1-5H3;6-8,10H,4-5H2,1-3H3;7,9H,5-6H2,1-4H3;2H,1H3/t20?,21-,22?,24?,25?;;7-,8?;/m1.1./s1. The first-order valence-corrected chi connectivity index (χ1v) is 20.0. The molecule has 5 N–H and O–H groups in total. The summed E-state index contributed by atoms with van der Waals surface area (Å²) in [5.41, 5.74) is 1.44. The average Bonchev–Trinajstić information content (AvgIpc) is 3.14. The van der Waals surface area contributed by atoms with Crippen LogP contribution < -0.4 is 10.6 Å². The van der Waals surface area contributed by atoms with Crippen LogP contribution in [-0.2, 0) is 24.0 Å². The highest BCUT2D eigenvalue weighted by atomic mass is 17.2. The van der Waals surface area contributed by atoms with Crippen molar-refractivity contribution in [1.29, 1.82) is 0 Å². The molecular formula is C42H80N4O8. The molecule has 0 radical (unpaired) electrons. The van der Waals surface area contributed by atoms with Gasteiger partial charge in [-0.2, -0.15) is 0 Å². The van der Waals surface area contributed by atoms with E-state index in [1.165, 1.54) is 11.3 Å². The van der Waals surface area contributed by atoms with Crippen LogP contribution in [0.3, 0.4) is 0 Å². The molecule has 10 atom stereocenters. The Kier molecular flexibility index (Phi) is 27.4. The highest BCUT2D eigenvalue weighted by Gasteiger charge is 2.30. The summed E-state index contributed by atoms with van der Waals surface area (Å²) < 4.78 is 10.3. The van der Waals surface area contributed by atoms with Crippen molar-refractivity contribution in [3.8, 4) is 0 Å². The van der Waals surface area contributed by atoms with Crippen LogP contribution in [-0.4, -0.2) is 129 Å². The second-order valence-electron chi connectivity index (χ2n) is 15.6. The summed E-state index contributed by atoms with van der Waals surface area (Å²) in [7, 11) is 8.67. The van der Waals surface area contributed by atoms with Gasteiger partial charge in [0, 0.05) is 63.0 Å². The zero-order valence-electron chi connectivity index (χ0n) is 36.1. The number of rotatable bonds is 20. The van der Waals surface area contributed by atoms with Crippen LogP contribution in [0, 0.1) is 11.8 Å². The molecule has 2 heterocycles. The van der Waals surface area contributed by atoms with Crippen molar-refractivity contribution in [2.75, 3.05) is 48.5 Å². The maximum atomic E-state index is 10.9. The number of dihydropyridines is 1. The van der Waals surface area contributed by atoms with Crippen LogP contribution in [0.1, 0.15) is 113 Å². The van der Waals surface area contributed by atoms with E-state index in [1.54, 1.807) is 7.11 Å². The molecule has 0 saturated carbocycles. The minimum absolute atomic E-state index is 0.0301. The number of nitrogens with one attached hydrogen (secondary N) is 2. The van der Waals surface area contributed by atoms with Gasteiger partial charge in [-0.25, -0.2) is 9.78 Å². The number of ether oxygens (including phenoxy) is 2. The lowest BCUT2D eigenvalue weighted by Gasteiger charge is -2.34. The molecular weight excluding hydrogens is 688 g/mol. The Morgan fingerprint density at radius 1 is 1.17 bits per heavy atom. The fourth-order valence-electron chi connectivity index (χ4n) is 6.67. The quantitative estimate of drug-likeness (QED) is 0.0445. The number of aliphatic imine (C=N–C) groups is 1. The Labute approximate surface area is 328 Å². The second-order valence-corrected chi connectivity index (χ2v) is 15.6. The van der Waals surface area contributed by atoms with Gasteiger partial charge in [-0.15, -0.1) is 0 Å². The van der Waals surface area contributed by atoms with Crippen molar-refractivity contribution in [2.45, 2.75) is 161 Å². The van der Waals surface area contributed by atoms with Gasteiger partial charge < -0.3 is 45.1 Å². The van der Waals surface area contributed by atoms with E-state index >= 15 is 0 Å². The molecule has 0 bridgehead atoms. The number of aliphatic hydroxyl groups excluding tert-OH is 2. The van der Waals surface area contributed by atoms with E-state index in [9.17, 15) is 15.0 Å². The van der Waals surface area contributed by atoms with E-state index in [2.05, 4.69) is 65.6 Å². The first-order chi connectivity index (χ1) is 25.5. The molecule has 54 heavy (non-hydrogen) atoms. The molecule has 0 aromatic carbocycles. The summed E-state index contributed by atoms with van der Waals surface area (Å²) in [5.74, 6) is 0.390. The number of hydrogen-bond acceptors (Lipinski definition) is 12. The summed E-state index contributed by atoms with van der Waals surface area (Å²) in [6.07, 6.45) is 18.9. The third-order valence-corrected chi connectivity index (χ3v) is 10.3. The molecule has 12 nitrogen and oxygen atoms in total. The van der Waals surface area contributed by atoms with Gasteiger partial charge in [0.15, 0.2) is 6.29 Å². The number of carbonyl (C=O) groups excluding carboxylic acids is 1. The van der Waals surface area contributed by atoms with Gasteiger partial charge in [-0.1, -0.05) is 44.6 Å². The van der Waals surface area contributed by atoms with Crippen LogP contribution in [0.15, 0.2) is 40.6 Å². The molecule has 0 spiro atoms. The largest absolute Gasteiger partial charge is 0.400 e. The fraction of sp³-hybridized carbons (Fsp3) is 0.810. The van der Waals surface area contributed by atoms with E-state index in [-0.39, 0.29) is 29.8 Å². The molecule has 0 aromatic rings. The lowest BCUT2D eigenvalue weighted by atomic mass is 9.88. The first kappa shape index (κ1) is 52.0. The van der Waals surface area contributed by atoms with Gasteiger partial charge in [0.2, 0.25) is 0 Å². The van der Waals surface area contributed by atoms with Gasteiger partial charge in [-0.05, 0) is 113 Å². The number of aldehydes is 1. The Bertz CT molecular complexity index is 1100. The van der Waals surface area contributed by atoms with E-state index in [4.69, 9.17) is 24.4 Å². The second kappa shape index (κ2) is 28.4. The third-order valence-electron chi connectivity index (χ3n) is 10.3. The van der Waals surface area contributed by atoms with Crippen LogP contribution in [0.5, 0.6) is 0 Å². The number of nitrogens with zero attached hydrogens (tertiary/aromatic N) is 2. The molecule has 0 aromatic heterocycles. The van der Waals surface area contributed by atoms with Crippen molar-refractivity contribution >= 4 is 12.5 Å². The predicted molar refractivity (Wildman–Crippen MR) is 220 cm³/mol. The minimum Gasteiger partial charge on any atom is -0.400 e. The summed E-state index contributed by atoms with van der Waals surface area (Å²) >= 11 is 0. The molecule has 2 aliphatic heterocycles. The number of allylic oxidation sites excluding steroid dienone is 3. The molecule has 8 unspecified atom stereocenters. The van der Waals surface area contributed by atoms with E-state index in [0.717, 1.165) is 77.7 Å². The maximum absolute atomic E-state index is 10.9. The highest BCUT2D eigenvalue weighted by Crippen LogP contribution is 2.28. The number of fused-ring (bicyclic) bond motifs is 1. The summed E-state index contributed by atoms with van der Waals surface area (Å²) in [6, 6.07) is 0.996. The zero-order valence-corrected chi connectivity index (χ0v) is 36.1. The lowest BCUT2D eigenvalue weighted by Crippen LogP contribution is -2.41. The molecule has 0 amide bonds. The van der Waals surface area contributed by atoms with Crippen LogP contribution in [0.25, 0.3) is 0 Å². The summed E-state index contributed by atoms with van der Waals surface area (Å²) in [6.45, 7) is 17.4. The van der Waals surface area contributed by atoms with Crippen LogP contribution in [0.4, 0.5) is 0 Å². The monoisotopic (exact) mass is 769 g/mol. The van der Waals surface area contributed by atoms with E-state index in [1.807, 2.05) is 62.0 Å². The number of methoxy groups -OCH3 is 1. The Morgan fingerprint density at radius 3 is 2.39 bits per heavy atom. The van der Waals surface area contributed by atoms with Crippen molar-refractivity contribution in [1.82, 2.24) is 15.5 Å². The average molecular weight is 769 g/mol. The third kappa shape index (κ3) is 20.8. The predicted octanol–water partition coefficient (Wildman–Crippen LogP) is 5.76. The zero-order chi connectivity index (χ0) is 41.3. The first-order valence-electron chi connectivity index (χ1n) is 20.0. The smallest absolute Gasteiger partial charge is 0.156 e. The molecule has 1 aliphatic carbocycles. The topological polar surface area (TPSA) is 154 Å². The SMILES string of the molecule is CC1CC(N(C)C)CC(O)O1.CC[C@@H](OC)C(C)(O)CC.CN[C@H](C)CC(C)(CCCC(C)C=O)OOCCCNC1=CC=NC2C=C(C)C=CC12.CO. The van der Waals surface area contributed by atoms with Crippen molar-refractivity contribution in [3.63, 3.8) is 0 Å². The molecule has 12 heteroatoms. The number of hydrogen-bond donors (Lipinski definition) is 5. The van der Waals surface area contributed by atoms with Crippen molar-refractivity contribution in [2.24, 2.45) is 16.8 Å². The molecule has 1 fully saturated rings. The summed E-state index contributed by atoms with van der Waals surface area (Å²) in [4.78, 5) is 29.1. The van der Waals surface area contributed by atoms with Crippen molar-refractivity contribution in [3.05, 3.63) is 35.6 Å². The fourth-order valence-corrected chi connectivity index (χ4v) is 6.67. The molecule has 3 rings (SSSR count). The molecule has 3 aliphatic rings. The Morgan fingerprint density at radius 2 is 1.85 bits per heavy atom. The van der Waals surface area contributed by atoms with Crippen molar-refractivity contribution < 1.29 is 39.4 Å². The van der Waals surface area contributed by atoms with Gasteiger partial charge >= 0.3 is 0 Å². The van der Waals surface area contributed by atoms with Crippen LogP contribution >= 0.6 is 0 Å². The van der Waals surface area contributed by atoms with Gasteiger partial charge in [0.25, 0.3) is 0 Å². The van der Waals surface area contributed by atoms with E-state index < -0.39 is 11.9 Å². The van der Waals surface area contributed by atoms with Crippen LogP contribution in [0.2, 0.25) is 0 Å².